The molecule has 1 aliphatic carbocycles. The van der Waals surface area contributed by atoms with Crippen LogP contribution in [0, 0.1) is 11.8 Å². The summed E-state index contributed by atoms with van der Waals surface area (Å²) in [5.41, 5.74) is 5.95. The van der Waals surface area contributed by atoms with Crippen molar-refractivity contribution in [1.82, 2.24) is 4.90 Å². The molecule has 0 aromatic heterocycles. The predicted molar refractivity (Wildman–Crippen MR) is 64.8 cm³/mol. The van der Waals surface area contributed by atoms with E-state index in [0.29, 0.717) is 6.04 Å². The summed E-state index contributed by atoms with van der Waals surface area (Å²) in [6, 6.07) is 0.390. The van der Waals surface area contributed by atoms with E-state index in [1.165, 1.54) is 58.2 Å². The number of nitrogens with zero attached hydrogens (tertiary/aromatic N) is 1. The standard InChI is InChI=1S/C13H26N2/c1-11(14)13-7-9-15(10-13)8-6-12-4-2-3-5-12/h11-13H,2-10,14H2,1H3. The molecule has 1 aliphatic heterocycles. The van der Waals surface area contributed by atoms with E-state index in [2.05, 4.69) is 11.8 Å². The normalized spacial score (nSPS) is 31.2. The first-order chi connectivity index (χ1) is 7.25. The molecule has 0 aromatic rings. The number of hydrogen-bond acceptors (Lipinski definition) is 2. The molecule has 2 unspecified atom stereocenters. The molecular weight excluding hydrogens is 184 g/mol. The molecule has 2 aliphatic rings. The molecule has 2 nitrogen and oxygen atoms in total. The maximum atomic E-state index is 5.95. The Morgan fingerprint density at radius 2 is 2.00 bits per heavy atom. The molecule has 2 N–H and O–H groups in total. The second-order valence-corrected chi connectivity index (χ2v) is 5.65. The van der Waals surface area contributed by atoms with Crippen LogP contribution in [-0.2, 0) is 0 Å². The van der Waals surface area contributed by atoms with Crippen LogP contribution in [0.2, 0.25) is 0 Å². The van der Waals surface area contributed by atoms with Gasteiger partial charge in [-0.15, -0.1) is 0 Å². The van der Waals surface area contributed by atoms with Gasteiger partial charge in [-0.3, -0.25) is 0 Å². The van der Waals surface area contributed by atoms with E-state index >= 15 is 0 Å². The molecule has 88 valence electrons. The van der Waals surface area contributed by atoms with Crippen LogP contribution in [0.4, 0.5) is 0 Å². The minimum atomic E-state index is 0.390. The fourth-order valence-electron chi connectivity index (χ4n) is 3.16. The van der Waals surface area contributed by atoms with Gasteiger partial charge in [0.2, 0.25) is 0 Å². The van der Waals surface area contributed by atoms with Gasteiger partial charge in [0.1, 0.15) is 0 Å². The number of hydrogen-bond donors (Lipinski definition) is 1. The van der Waals surface area contributed by atoms with Gasteiger partial charge in [-0.1, -0.05) is 25.7 Å². The zero-order valence-electron chi connectivity index (χ0n) is 10.1. The smallest absolute Gasteiger partial charge is 0.00514 e. The molecule has 1 saturated carbocycles. The lowest BCUT2D eigenvalue weighted by molar-refractivity contribution is 0.287. The molecule has 0 aromatic carbocycles. The highest BCUT2D eigenvalue weighted by atomic mass is 15.1. The van der Waals surface area contributed by atoms with Crippen molar-refractivity contribution in [2.24, 2.45) is 17.6 Å². The Bertz CT molecular complexity index is 185. The van der Waals surface area contributed by atoms with E-state index in [9.17, 15) is 0 Å². The summed E-state index contributed by atoms with van der Waals surface area (Å²) in [6.45, 7) is 6.03. The molecule has 15 heavy (non-hydrogen) atoms. The van der Waals surface area contributed by atoms with Gasteiger partial charge in [0.05, 0.1) is 0 Å². The van der Waals surface area contributed by atoms with Crippen molar-refractivity contribution in [3.8, 4) is 0 Å². The number of likely N-dealkylation sites (tertiary alicyclic amines) is 1. The third kappa shape index (κ3) is 3.18. The minimum absolute atomic E-state index is 0.390. The lowest BCUT2D eigenvalue weighted by atomic mass is 10.0. The first-order valence-corrected chi connectivity index (χ1v) is 6.73. The third-order valence-electron chi connectivity index (χ3n) is 4.38. The zero-order chi connectivity index (χ0) is 10.7. The SMILES string of the molecule is CC(N)C1CCN(CCC2CCCC2)C1. The molecule has 2 rings (SSSR count). The number of rotatable bonds is 4. The molecule has 0 bridgehead atoms. The largest absolute Gasteiger partial charge is 0.328 e. The summed E-state index contributed by atoms with van der Waals surface area (Å²) < 4.78 is 0. The summed E-state index contributed by atoms with van der Waals surface area (Å²) in [4.78, 5) is 2.63. The van der Waals surface area contributed by atoms with E-state index in [1.807, 2.05) is 0 Å². The van der Waals surface area contributed by atoms with Crippen molar-refractivity contribution in [1.29, 1.82) is 0 Å². The topological polar surface area (TPSA) is 29.3 Å². The Labute approximate surface area is 94.2 Å². The first kappa shape index (κ1) is 11.4. The summed E-state index contributed by atoms with van der Waals surface area (Å²) in [5, 5.41) is 0. The molecule has 1 heterocycles. The lowest BCUT2D eigenvalue weighted by Gasteiger charge is -2.19. The summed E-state index contributed by atoms with van der Waals surface area (Å²) in [6.07, 6.45) is 8.70. The Hall–Kier alpha value is -0.0800. The highest BCUT2D eigenvalue weighted by molar-refractivity contribution is 4.81. The summed E-state index contributed by atoms with van der Waals surface area (Å²) >= 11 is 0. The Balaban J connectivity index is 1.64. The Kier molecular flexibility index (Phi) is 4.04. The van der Waals surface area contributed by atoms with E-state index < -0.39 is 0 Å². The maximum absolute atomic E-state index is 5.95. The van der Waals surface area contributed by atoms with Gasteiger partial charge in [-0.2, -0.15) is 0 Å². The van der Waals surface area contributed by atoms with Crippen LogP contribution in [0.25, 0.3) is 0 Å². The minimum Gasteiger partial charge on any atom is -0.328 e. The molecule has 2 atom stereocenters. The first-order valence-electron chi connectivity index (χ1n) is 6.73. The van der Waals surface area contributed by atoms with Gasteiger partial charge in [0.15, 0.2) is 0 Å². The predicted octanol–water partition coefficient (Wildman–Crippen LogP) is 2.24. The molecular formula is C13H26N2. The van der Waals surface area contributed by atoms with E-state index in [1.54, 1.807) is 0 Å². The average molecular weight is 210 g/mol. The highest BCUT2D eigenvalue weighted by Gasteiger charge is 2.25. The van der Waals surface area contributed by atoms with Crippen LogP contribution in [-0.4, -0.2) is 30.6 Å². The lowest BCUT2D eigenvalue weighted by Crippen LogP contribution is -2.30. The van der Waals surface area contributed by atoms with E-state index in [0.717, 1.165) is 11.8 Å². The zero-order valence-corrected chi connectivity index (χ0v) is 10.1. The quantitative estimate of drug-likeness (QED) is 0.771. The van der Waals surface area contributed by atoms with Gasteiger partial charge in [-0.05, 0) is 44.7 Å². The summed E-state index contributed by atoms with van der Waals surface area (Å²) in [7, 11) is 0. The van der Waals surface area contributed by atoms with Crippen LogP contribution in [0.1, 0.15) is 45.4 Å². The monoisotopic (exact) mass is 210 g/mol. The number of nitrogens with two attached hydrogens (primary N) is 1. The van der Waals surface area contributed by atoms with Crippen LogP contribution in [0.5, 0.6) is 0 Å². The van der Waals surface area contributed by atoms with Crippen molar-refractivity contribution in [2.75, 3.05) is 19.6 Å². The summed E-state index contributed by atoms with van der Waals surface area (Å²) in [5.74, 6) is 1.80. The van der Waals surface area contributed by atoms with E-state index in [-0.39, 0.29) is 0 Å². The maximum Gasteiger partial charge on any atom is 0.00514 e. The van der Waals surface area contributed by atoms with Crippen LogP contribution in [0.15, 0.2) is 0 Å². The van der Waals surface area contributed by atoms with Crippen LogP contribution < -0.4 is 5.73 Å². The average Bonchev–Trinajstić information content (AvgIpc) is 2.86. The van der Waals surface area contributed by atoms with Crippen molar-refractivity contribution >= 4 is 0 Å². The fourth-order valence-corrected chi connectivity index (χ4v) is 3.16. The Morgan fingerprint density at radius 1 is 1.27 bits per heavy atom. The molecule has 2 heteroatoms. The van der Waals surface area contributed by atoms with E-state index in [4.69, 9.17) is 5.73 Å². The van der Waals surface area contributed by atoms with Gasteiger partial charge in [0.25, 0.3) is 0 Å². The second kappa shape index (κ2) is 5.31. The molecule has 0 amide bonds. The van der Waals surface area contributed by atoms with Gasteiger partial charge in [-0.25, -0.2) is 0 Å². The second-order valence-electron chi connectivity index (χ2n) is 5.65. The molecule has 0 spiro atoms. The van der Waals surface area contributed by atoms with Gasteiger partial charge in [0, 0.05) is 12.6 Å². The van der Waals surface area contributed by atoms with Crippen molar-refractivity contribution in [3.63, 3.8) is 0 Å². The molecule has 2 fully saturated rings. The third-order valence-corrected chi connectivity index (χ3v) is 4.38. The Morgan fingerprint density at radius 3 is 2.60 bits per heavy atom. The molecule has 0 radical (unpaired) electrons. The van der Waals surface area contributed by atoms with Crippen molar-refractivity contribution in [3.05, 3.63) is 0 Å². The highest BCUT2D eigenvalue weighted by Crippen LogP contribution is 2.28. The van der Waals surface area contributed by atoms with Crippen LogP contribution >= 0.6 is 0 Å². The van der Waals surface area contributed by atoms with Gasteiger partial charge < -0.3 is 10.6 Å². The molecule has 1 saturated heterocycles. The fraction of sp³-hybridized carbons (Fsp3) is 1.00. The van der Waals surface area contributed by atoms with Crippen LogP contribution in [0.3, 0.4) is 0 Å². The van der Waals surface area contributed by atoms with Crippen molar-refractivity contribution < 1.29 is 0 Å². The van der Waals surface area contributed by atoms with Crippen molar-refractivity contribution in [2.45, 2.75) is 51.5 Å². The van der Waals surface area contributed by atoms with Gasteiger partial charge >= 0.3 is 0 Å².